The summed E-state index contributed by atoms with van der Waals surface area (Å²) in [6.45, 7) is 3.74. The van der Waals surface area contributed by atoms with E-state index < -0.39 is 11.9 Å². The van der Waals surface area contributed by atoms with Gasteiger partial charge in [-0.1, -0.05) is 26.0 Å². The number of amides is 1. The lowest BCUT2D eigenvalue weighted by Gasteiger charge is -2.26. The molecule has 1 aromatic rings. The number of carboxylic acids is 1. The lowest BCUT2D eigenvalue weighted by Crippen LogP contribution is -2.39. The van der Waals surface area contributed by atoms with Crippen LogP contribution in [0.2, 0.25) is 0 Å². The molecule has 2 unspecified atom stereocenters. The lowest BCUT2D eigenvalue weighted by molar-refractivity contribution is -0.143. The quantitative estimate of drug-likeness (QED) is 0.842. The molecule has 1 aliphatic carbocycles. The van der Waals surface area contributed by atoms with Crippen molar-refractivity contribution in [2.24, 2.45) is 5.92 Å². The van der Waals surface area contributed by atoms with Gasteiger partial charge in [-0.05, 0) is 36.5 Å². The van der Waals surface area contributed by atoms with E-state index in [0.717, 1.165) is 18.4 Å². The Labute approximate surface area is 129 Å². The third kappa shape index (κ3) is 4.29. The molecular formula is C17H22FNO3. The molecule has 120 valence electrons. The van der Waals surface area contributed by atoms with Crippen molar-refractivity contribution in [3.05, 3.63) is 35.6 Å². The minimum Gasteiger partial charge on any atom is -0.481 e. The van der Waals surface area contributed by atoms with Gasteiger partial charge in [0.05, 0.1) is 5.92 Å². The average molecular weight is 307 g/mol. The molecule has 2 rings (SSSR count). The first kappa shape index (κ1) is 16.5. The molecule has 22 heavy (non-hydrogen) atoms. The Morgan fingerprint density at radius 1 is 1.36 bits per heavy atom. The Bertz CT molecular complexity index is 557. The fraction of sp³-hybridized carbons (Fsp3) is 0.529. The zero-order valence-corrected chi connectivity index (χ0v) is 13.0. The van der Waals surface area contributed by atoms with Crippen molar-refractivity contribution in [2.45, 2.75) is 45.1 Å². The summed E-state index contributed by atoms with van der Waals surface area (Å²) in [6.07, 6.45) is 2.14. The van der Waals surface area contributed by atoms with E-state index in [1.807, 2.05) is 13.0 Å². The van der Waals surface area contributed by atoms with E-state index in [4.69, 9.17) is 5.11 Å². The summed E-state index contributed by atoms with van der Waals surface area (Å²) in [5.74, 6) is -1.92. The van der Waals surface area contributed by atoms with Crippen LogP contribution in [0.4, 0.5) is 4.39 Å². The van der Waals surface area contributed by atoms with Gasteiger partial charge in [0, 0.05) is 19.0 Å². The van der Waals surface area contributed by atoms with E-state index in [9.17, 15) is 14.0 Å². The van der Waals surface area contributed by atoms with E-state index in [1.54, 1.807) is 17.9 Å². The second-order valence-corrected chi connectivity index (χ2v) is 6.18. The maximum absolute atomic E-state index is 13.3. The summed E-state index contributed by atoms with van der Waals surface area (Å²) >= 11 is 0. The maximum Gasteiger partial charge on any atom is 0.308 e. The largest absolute Gasteiger partial charge is 0.481 e. The van der Waals surface area contributed by atoms with Crippen molar-refractivity contribution in [3.63, 3.8) is 0 Å². The van der Waals surface area contributed by atoms with Crippen LogP contribution in [-0.2, 0) is 9.59 Å². The van der Waals surface area contributed by atoms with E-state index in [-0.39, 0.29) is 36.6 Å². The lowest BCUT2D eigenvalue weighted by atomic mass is 9.97. The number of halogens is 1. The molecule has 1 N–H and O–H groups in total. The summed E-state index contributed by atoms with van der Waals surface area (Å²) in [5, 5.41) is 9.03. The number of rotatable bonds is 7. The van der Waals surface area contributed by atoms with E-state index in [0.29, 0.717) is 0 Å². The molecule has 0 aliphatic heterocycles. The topological polar surface area (TPSA) is 57.6 Å². The summed E-state index contributed by atoms with van der Waals surface area (Å²) in [7, 11) is 0. The molecule has 5 heteroatoms. The first-order valence-corrected chi connectivity index (χ1v) is 7.66. The van der Waals surface area contributed by atoms with Crippen LogP contribution in [-0.4, -0.2) is 34.5 Å². The molecule has 1 aromatic carbocycles. The maximum atomic E-state index is 13.3. The van der Waals surface area contributed by atoms with Crippen LogP contribution in [0.5, 0.6) is 0 Å². The van der Waals surface area contributed by atoms with Crippen LogP contribution in [0.15, 0.2) is 24.3 Å². The highest BCUT2D eigenvalue weighted by Crippen LogP contribution is 2.30. The first-order valence-electron chi connectivity index (χ1n) is 7.66. The summed E-state index contributed by atoms with van der Waals surface area (Å²) < 4.78 is 13.3. The number of benzene rings is 1. The van der Waals surface area contributed by atoms with Gasteiger partial charge in [0.15, 0.2) is 0 Å². The number of hydrogen-bond acceptors (Lipinski definition) is 2. The van der Waals surface area contributed by atoms with Gasteiger partial charge >= 0.3 is 5.97 Å². The number of carbonyl (C=O) groups excluding carboxylic acids is 1. The number of carboxylic acid groups (broad SMARTS) is 1. The predicted octanol–water partition coefficient (Wildman–Crippen LogP) is 3.03. The van der Waals surface area contributed by atoms with Crippen molar-refractivity contribution in [3.8, 4) is 0 Å². The SMILES string of the molecule is CC(CN(C(=O)CC(C)c1cccc(F)c1)C1CC1)C(=O)O. The molecule has 0 spiro atoms. The molecule has 1 amide bonds. The Morgan fingerprint density at radius 3 is 2.59 bits per heavy atom. The smallest absolute Gasteiger partial charge is 0.308 e. The molecule has 2 atom stereocenters. The fourth-order valence-electron chi connectivity index (χ4n) is 2.52. The fourth-order valence-corrected chi connectivity index (χ4v) is 2.52. The molecular weight excluding hydrogens is 285 g/mol. The number of aliphatic carboxylic acids is 1. The second-order valence-electron chi connectivity index (χ2n) is 6.18. The summed E-state index contributed by atoms with van der Waals surface area (Å²) in [5.41, 5.74) is 0.787. The predicted molar refractivity (Wildman–Crippen MR) is 81.0 cm³/mol. The summed E-state index contributed by atoms with van der Waals surface area (Å²) in [4.78, 5) is 25.2. The molecule has 1 fully saturated rings. The zero-order chi connectivity index (χ0) is 16.3. The van der Waals surface area contributed by atoms with Crippen molar-refractivity contribution in [2.75, 3.05) is 6.54 Å². The van der Waals surface area contributed by atoms with Crippen LogP contribution in [0.3, 0.4) is 0 Å². The molecule has 0 saturated heterocycles. The standard InChI is InChI=1S/C17H22FNO3/c1-11(13-4-3-5-14(18)9-13)8-16(20)19(15-6-7-15)10-12(2)17(21)22/h3-5,9,11-12,15H,6-8,10H2,1-2H3,(H,21,22). The molecule has 0 radical (unpaired) electrons. The van der Waals surface area contributed by atoms with Crippen LogP contribution in [0.1, 0.15) is 44.6 Å². The highest BCUT2D eigenvalue weighted by atomic mass is 19.1. The molecule has 1 saturated carbocycles. The van der Waals surface area contributed by atoms with Gasteiger partial charge in [0.2, 0.25) is 5.91 Å². The molecule has 0 aromatic heterocycles. The van der Waals surface area contributed by atoms with Gasteiger partial charge in [-0.15, -0.1) is 0 Å². The Kier molecular flexibility index (Phi) is 5.16. The molecule has 0 bridgehead atoms. The van der Waals surface area contributed by atoms with Crippen molar-refractivity contribution >= 4 is 11.9 Å². The molecule has 1 aliphatic rings. The Hall–Kier alpha value is -1.91. The Morgan fingerprint density at radius 2 is 2.05 bits per heavy atom. The van der Waals surface area contributed by atoms with E-state index in [2.05, 4.69) is 0 Å². The Balaban J connectivity index is 2.00. The highest BCUT2D eigenvalue weighted by molar-refractivity contribution is 5.79. The van der Waals surface area contributed by atoms with E-state index >= 15 is 0 Å². The van der Waals surface area contributed by atoms with Crippen molar-refractivity contribution in [1.29, 1.82) is 0 Å². The van der Waals surface area contributed by atoms with Gasteiger partial charge in [-0.2, -0.15) is 0 Å². The summed E-state index contributed by atoms with van der Waals surface area (Å²) in [6, 6.07) is 6.44. The van der Waals surface area contributed by atoms with Crippen LogP contribution in [0.25, 0.3) is 0 Å². The minimum atomic E-state index is -0.892. The first-order chi connectivity index (χ1) is 10.4. The van der Waals surface area contributed by atoms with Crippen LogP contribution >= 0.6 is 0 Å². The zero-order valence-electron chi connectivity index (χ0n) is 13.0. The minimum absolute atomic E-state index is 0.0487. The second kappa shape index (κ2) is 6.90. The van der Waals surface area contributed by atoms with Gasteiger partial charge in [0.1, 0.15) is 5.82 Å². The number of nitrogens with zero attached hydrogens (tertiary/aromatic N) is 1. The van der Waals surface area contributed by atoms with E-state index in [1.165, 1.54) is 12.1 Å². The van der Waals surface area contributed by atoms with Gasteiger partial charge in [0.25, 0.3) is 0 Å². The normalized spacial score (nSPS) is 16.9. The monoisotopic (exact) mass is 307 g/mol. The average Bonchev–Trinajstić information content (AvgIpc) is 3.28. The van der Waals surface area contributed by atoms with Gasteiger partial charge in [-0.25, -0.2) is 4.39 Å². The van der Waals surface area contributed by atoms with Crippen molar-refractivity contribution in [1.82, 2.24) is 4.90 Å². The van der Waals surface area contributed by atoms with Gasteiger partial charge < -0.3 is 10.0 Å². The third-order valence-corrected chi connectivity index (χ3v) is 4.10. The van der Waals surface area contributed by atoms with Crippen LogP contribution in [0, 0.1) is 11.7 Å². The third-order valence-electron chi connectivity index (χ3n) is 4.10. The number of carbonyl (C=O) groups is 2. The number of hydrogen-bond donors (Lipinski definition) is 1. The van der Waals surface area contributed by atoms with Crippen LogP contribution < -0.4 is 0 Å². The van der Waals surface area contributed by atoms with Gasteiger partial charge in [-0.3, -0.25) is 9.59 Å². The molecule has 4 nitrogen and oxygen atoms in total. The molecule has 0 heterocycles. The highest BCUT2D eigenvalue weighted by Gasteiger charge is 2.34. The van der Waals surface area contributed by atoms with Crippen molar-refractivity contribution < 1.29 is 19.1 Å².